The lowest BCUT2D eigenvalue weighted by Crippen LogP contribution is -2.05. The summed E-state index contributed by atoms with van der Waals surface area (Å²) in [4.78, 5) is 2.96. The highest BCUT2D eigenvalue weighted by Crippen LogP contribution is 2.34. The van der Waals surface area contributed by atoms with E-state index in [1.54, 1.807) is 6.20 Å². The van der Waals surface area contributed by atoms with Crippen molar-refractivity contribution in [2.75, 3.05) is 14.2 Å². The standard InChI is InChI=1S/C13H14F2N2O/c1-16-6-8-7-17-12(13(8)18-2)10-4-3-9(14)5-11(10)15/h3-5,7,16-17H,6H2,1-2H3. The van der Waals surface area contributed by atoms with E-state index in [9.17, 15) is 8.78 Å². The molecule has 0 fully saturated rings. The highest BCUT2D eigenvalue weighted by Gasteiger charge is 2.16. The fourth-order valence-corrected chi connectivity index (χ4v) is 1.90. The van der Waals surface area contributed by atoms with Gasteiger partial charge in [0.1, 0.15) is 17.4 Å². The van der Waals surface area contributed by atoms with Crippen LogP contribution in [0.5, 0.6) is 5.75 Å². The van der Waals surface area contributed by atoms with Crippen molar-refractivity contribution in [3.8, 4) is 17.0 Å². The van der Waals surface area contributed by atoms with Gasteiger partial charge in [0.2, 0.25) is 0 Å². The SMILES string of the molecule is CNCc1c[nH]c(-c2ccc(F)cc2F)c1OC. The molecule has 2 aromatic rings. The van der Waals surface area contributed by atoms with Crippen LogP contribution in [-0.2, 0) is 6.54 Å². The summed E-state index contributed by atoms with van der Waals surface area (Å²) in [5, 5.41) is 2.99. The van der Waals surface area contributed by atoms with Crippen LogP contribution in [0, 0.1) is 11.6 Å². The summed E-state index contributed by atoms with van der Waals surface area (Å²) in [7, 11) is 3.33. The topological polar surface area (TPSA) is 37.0 Å². The Morgan fingerprint density at radius 2 is 2.11 bits per heavy atom. The lowest BCUT2D eigenvalue weighted by molar-refractivity contribution is 0.411. The fraction of sp³-hybridized carbons (Fsp3) is 0.231. The molecule has 1 aromatic carbocycles. The van der Waals surface area contributed by atoms with Crippen molar-refractivity contribution in [2.24, 2.45) is 0 Å². The Kier molecular flexibility index (Phi) is 3.62. The Morgan fingerprint density at radius 3 is 2.72 bits per heavy atom. The van der Waals surface area contributed by atoms with E-state index in [1.165, 1.54) is 19.2 Å². The van der Waals surface area contributed by atoms with Gasteiger partial charge < -0.3 is 15.0 Å². The summed E-state index contributed by atoms with van der Waals surface area (Å²) < 4.78 is 31.9. The highest BCUT2D eigenvalue weighted by molar-refractivity contribution is 5.69. The lowest BCUT2D eigenvalue weighted by Gasteiger charge is -2.07. The molecule has 1 heterocycles. The molecule has 96 valence electrons. The number of H-pyrrole nitrogens is 1. The van der Waals surface area contributed by atoms with Crippen molar-refractivity contribution >= 4 is 0 Å². The van der Waals surface area contributed by atoms with Gasteiger partial charge in [-0.05, 0) is 19.2 Å². The van der Waals surface area contributed by atoms with E-state index >= 15 is 0 Å². The summed E-state index contributed by atoms with van der Waals surface area (Å²) in [5.41, 5.74) is 1.69. The van der Waals surface area contributed by atoms with Gasteiger partial charge in [-0.25, -0.2) is 8.78 Å². The lowest BCUT2D eigenvalue weighted by atomic mass is 10.1. The van der Waals surface area contributed by atoms with E-state index in [1.807, 2.05) is 7.05 Å². The first kappa shape index (κ1) is 12.6. The molecular weight excluding hydrogens is 238 g/mol. The molecule has 0 aliphatic heterocycles. The molecular formula is C13H14F2N2O. The zero-order valence-corrected chi connectivity index (χ0v) is 10.2. The number of hydrogen-bond acceptors (Lipinski definition) is 2. The monoisotopic (exact) mass is 252 g/mol. The molecule has 0 spiro atoms. The summed E-state index contributed by atoms with van der Waals surface area (Å²) in [6.07, 6.45) is 1.74. The molecule has 0 radical (unpaired) electrons. The minimum atomic E-state index is -0.619. The molecule has 0 atom stereocenters. The normalized spacial score (nSPS) is 10.7. The molecule has 2 rings (SSSR count). The van der Waals surface area contributed by atoms with Gasteiger partial charge in [-0.1, -0.05) is 0 Å². The van der Waals surface area contributed by atoms with Gasteiger partial charge in [0.25, 0.3) is 0 Å². The largest absolute Gasteiger partial charge is 0.494 e. The number of rotatable bonds is 4. The number of aromatic nitrogens is 1. The Bertz CT molecular complexity index is 552. The molecule has 18 heavy (non-hydrogen) atoms. The zero-order valence-electron chi connectivity index (χ0n) is 10.2. The van der Waals surface area contributed by atoms with Gasteiger partial charge in [0.15, 0.2) is 0 Å². The van der Waals surface area contributed by atoms with Crippen LogP contribution >= 0.6 is 0 Å². The predicted octanol–water partition coefficient (Wildman–Crippen LogP) is 2.69. The van der Waals surface area contributed by atoms with Crippen LogP contribution in [0.4, 0.5) is 8.78 Å². The number of hydrogen-bond donors (Lipinski definition) is 2. The summed E-state index contributed by atoms with van der Waals surface area (Å²) in [6, 6.07) is 3.46. The van der Waals surface area contributed by atoms with Gasteiger partial charge in [0.05, 0.1) is 12.8 Å². The minimum absolute atomic E-state index is 0.288. The number of halogens is 2. The maximum absolute atomic E-state index is 13.7. The van der Waals surface area contributed by atoms with Crippen molar-refractivity contribution in [3.63, 3.8) is 0 Å². The molecule has 0 saturated heterocycles. The van der Waals surface area contributed by atoms with Crippen LogP contribution < -0.4 is 10.1 Å². The second-order valence-electron chi connectivity index (χ2n) is 3.88. The Hall–Kier alpha value is -1.88. The van der Waals surface area contributed by atoms with Crippen molar-refractivity contribution in [3.05, 3.63) is 41.6 Å². The molecule has 3 nitrogen and oxygen atoms in total. The Labute approximate surface area is 104 Å². The van der Waals surface area contributed by atoms with Crippen molar-refractivity contribution < 1.29 is 13.5 Å². The second kappa shape index (κ2) is 5.18. The smallest absolute Gasteiger partial charge is 0.148 e. The third-order valence-electron chi connectivity index (χ3n) is 2.68. The number of methoxy groups -OCH3 is 1. The van der Waals surface area contributed by atoms with Gasteiger partial charge >= 0.3 is 0 Å². The van der Waals surface area contributed by atoms with Gasteiger partial charge in [-0.3, -0.25) is 0 Å². The Morgan fingerprint density at radius 1 is 1.33 bits per heavy atom. The number of benzene rings is 1. The fourth-order valence-electron chi connectivity index (χ4n) is 1.90. The minimum Gasteiger partial charge on any atom is -0.494 e. The Balaban J connectivity index is 2.50. The van der Waals surface area contributed by atoms with Crippen molar-refractivity contribution in [1.29, 1.82) is 0 Å². The van der Waals surface area contributed by atoms with Gasteiger partial charge in [-0.15, -0.1) is 0 Å². The third-order valence-corrected chi connectivity index (χ3v) is 2.68. The van der Waals surface area contributed by atoms with Crippen LogP contribution in [0.2, 0.25) is 0 Å². The van der Waals surface area contributed by atoms with Gasteiger partial charge in [-0.2, -0.15) is 0 Å². The van der Waals surface area contributed by atoms with E-state index in [0.29, 0.717) is 18.0 Å². The van der Waals surface area contributed by atoms with Gasteiger partial charge in [0, 0.05) is 29.9 Å². The van der Waals surface area contributed by atoms with Crippen LogP contribution in [0.15, 0.2) is 24.4 Å². The number of nitrogens with one attached hydrogen (secondary N) is 2. The molecule has 1 aromatic heterocycles. The van der Waals surface area contributed by atoms with Crippen molar-refractivity contribution in [2.45, 2.75) is 6.54 Å². The zero-order chi connectivity index (χ0) is 13.1. The molecule has 0 amide bonds. The summed E-state index contributed by atoms with van der Waals surface area (Å²) in [6.45, 7) is 0.600. The summed E-state index contributed by atoms with van der Waals surface area (Å²) in [5.74, 6) is -0.654. The average molecular weight is 252 g/mol. The maximum Gasteiger partial charge on any atom is 0.148 e. The summed E-state index contributed by atoms with van der Waals surface area (Å²) >= 11 is 0. The van der Waals surface area contributed by atoms with E-state index in [4.69, 9.17) is 4.74 Å². The highest BCUT2D eigenvalue weighted by atomic mass is 19.1. The molecule has 0 saturated carbocycles. The van der Waals surface area contributed by atoms with E-state index < -0.39 is 11.6 Å². The molecule has 0 bridgehead atoms. The van der Waals surface area contributed by atoms with Crippen molar-refractivity contribution in [1.82, 2.24) is 10.3 Å². The van der Waals surface area contributed by atoms with E-state index in [2.05, 4.69) is 10.3 Å². The average Bonchev–Trinajstić information content (AvgIpc) is 2.72. The van der Waals surface area contributed by atoms with Crippen LogP contribution in [0.1, 0.15) is 5.56 Å². The van der Waals surface area contributed by atoms with E-state index in [-0.39, 0.29) is 5.56 Å². The number of ether oxygens (including phenoxy) is 1. The maximum atomic E-state index is 13.7. The first-order valence-electron chi connectivity index (χ1n) is 5.51. The predicted molar refractivity (Wildman–Crippen MR) is 65.5 cm³/mol. The molecule has 5 heteroatoms. The van der Waals surface area contributed by atoms with Crippen LogP contribution in [0.3, 0.4) is 0 Å². The number of aromatic amines is 1. The van der Waals surface area contributed by atoms with Crippen LogP contribution in [0.25, 0.3) is 11.3 Å². The quantitative estimate of drug-likeness (QED) is 0.877. The second-order valence-corrected chi connectivity index (χ2v) is 3.88. The van der Waals surface area contributed by atoms with E-state index in [0.717, 1.165) is 11.6 Å². The molecule has 0 aliphatic rings. The molecule has 0 aliphatic carbocycles. The first-order chi connectivity index (χ1) is 8.67. The molecule has 0 unspecified atom stereocenters. The third kappa shape index (κ3) is 2.22. The van der Waals surface area contributed by atoms with Crippen LogP contribution in [-0.4, -0.2) is 19.1 Å². The molecule has 2 N–H and O–H groups in total. The first-order valence-corrected chi connectivity index (χ1v) is 5.51.